The quantitative estimate of drug-likeness (QED) is 0.361. The Balaban J connectivity index is 1.51. The molecule has 186 valence electrons. The second-order valence-electron chi connectivity index (χ2n) is 8.47. The minimum absolute atomic E-state index is 0.0285. The van der Waals surface area contributed by atoms with E-state index in [2.05, 4.69) is 5.32 Å². The van der Waals surface area contributed by atoms with Crippen molar-refractivity contribution in [1.29, 1.82) is 0 Å². The molecule has 1 aromatic carbocycles. The third-order valence-corrected chi connectivity index (χ3v) is 6.08. The maximum atomic E-state index is 12.4. The lowest BCUT2D eigenvalue weighted by Gasteiger charge is -2.31. The number of carbonyl (C=O) groups excluding carboxylic acids is 3. The molecule has 0 aromatic heterocycles. The van der Waals surface area contributed by atoms with Crippen molar-refractivity contribution in [2.24, 2.45) is 0 Å². The number of anilines is 1. The molecule has 1 aromatic rings. The predicted molar refractivity (Wildman–Crippen MR) is 124 cm³/mol. The van der Waals surface area contributed by atoms with Crippen LogP contribution < -0.4 is 10.2 Å². The van der Waals surface area contributed by atoms with Crippen molar-refractivity contribution in [2.75, 3.05) is 44.3 Å². The molecule has 11 heteroatoms. The number of esters is 1. The molecule has 2 aliphatic rings. The van der Waals surface area contributed by atoms with Crippen LogP contribution in [0.2, 0.25) is 0 Å². The van der Waals surface area contributed by atoms with Crippen LogP contribution in [0.3, 0.4) is 0 Å². The molecule has 2 amide bonds. The lowest BCUT2D eigenvalue weighted by Crippen LogP contribution is -2.47. The Hall–Kier alpha value is -3.37. The number of nitrogens with one attached hydrogen (secondary N) is 1. The fourth-order valence-electron chi connectivity index (χ4n) is 4.28. The van der Waals surface area contributed by atoms with E-state index in [4.69, 9.17) is 9.47 Å². The lowest BCUT2D eigenvalue weighted by molar-refractivity contribution is -0.384. The average Bonchev–Trinajstić information content (AvgIpc) is 3.12. The van der Waals surface area contributed by atoms with Gasteiger partial charge in [-0.25, -0.2) is 9.59 Å². The molecule has 2 saturated heterocycles. The van der Waals surface area contributed by atoms with Crippen LogP contribution in [0.1, 0.15) is 55.8 Å². The van der Waals surface area contributed by atoms with Crippen molar-refractivity contribution in [2.45, 2.75) is 51.5 Å². The van der Waals surface area contributed by atoms with Crippen LogP contribution in [0.4, 0.5) is 16.2 Å². The van der Waals surface area contributed by atoms with E-state index in [0.717, 1.165) is 38.8 Å². The van der Waals surface area contributed by atoms with E-state index < -0.39 is 23.4 Å². The van der Waals surface area contributed by atoms with Gasteiger partial charge in [-0.3, -0.25) is 14.9 Å². The predicted octanol–water partition coefficient (Wildman–Crippen LogP) is 2.87. The molecule has 0 radical (unpaired) electrons. The fourth-order valence-corrected chi connectivity index (χ4v) is 4.28. The SMILES string of the molecule is CCOC(=O)N1CCC(NC(=O)COC(=O)c2ccc(N3CCCCCC3)c([N+](=O)[O-])c2)CC1. The van der Waals surface area contributed by atoms with E-state index in [9.17, 15) is 24.5 Å². The molecule has 2 heterocycles. The van der Waals surface area contributed by atoms with Gasteiger partial charge in [-0.15, -0.1) is 0 Å². The van der Waals surface area contributed by atoms with Crippen LogP contribution in [0.5, 0.6) is 0 Å². The molecule has 0 unspecified atom stereocenters. The number of nitro benzene ring substituents is 1. The number of rotatable bonds is 7. The van der Waals surface area contributed by atoms with Crippen LogP contribution in [0, 0.1) is 10.1 Å². The molecule has 3 rings (SSSR count). The average molecular weight is 477 g/mol. The Kier molecular flexibility index (Phi) is 9.06. The van der Waals surface area contributed by atoms with E-state index in [1.807, 2.05) is 4.90 Å². The van der Waals surface area contributed by atoms with Crippen LogP contribution in [0.25, 0.3) is 0 Å². The van der Waals surface area contributed by atoms with Crippen molar-refractivity contribution < 1.29 is 28.8 Å². The van der Waals surface area contributed by atoms with Gasteiger partial charge >= 0.3 is 12.1 Å². The van der Waals surface area contributed by atoms with Crippen LogP contribution in [-0.2, 0) is 14.3 Å². The summed E-state index contributed by atoms with van der Waals surface area (Å²) in [7, 11) is 0. The summed E-state index contributed by atoms with van der Waals surface area (Å²) in [4.78, 5) is 51.1. The zero-order valence-corrected chi connectivity index (χ0v) is 19.5. The largest absolute Gasteiger partial charge is 0.452 e. The van der Waals surface area contributed by atoms with Gasteiger partial charge in [-0.1, -0.05) is 12.8 Å². The molecule has 2 fully saturated rings. The minimum atomic E-state index is -0.794. The zero-order valence-electron chi connectivity index (χ0n) is 19.5. The number of amides is 2. The molecule has 2 aliphatic heterocycles. The summed E-state index contributed by atoms with van der Waals surface area (Å²) in [5.41, 5.74) is 0.380. The Bertz CT molecular complexity index is 891. The van der Waals surface area contributed by atoms with Gasteiger partial charge in [0.1, 0.15) is 5.69 Å². The maximum Gasteiger partial charge on any atom is 0.409 e. The number of likely N-dealkylation sites (tertiary alicyclic amines) is 1. The van der Waals surface area contributed by atoms with Gasteiger partial charge < -0.3 is 24.6 Å². The summed E-state index contributed by atoms with van der Waals surface area (Å²) in [6, 6.07) is 4.16. The Morgan fingerprint density at radius 1 is 1.06 bits per heavy atom. The van der Waals surface area contributed by atoms with Crippen molar-refractivity contribution >= 4 is 29.3 Å². The van der Waals surface area contributed by atoms with Gasteiger partial charge in [-0.2, -0.15) is 0 Å². The van der Waals surface area contributed by atoms with Crippen LogP contribution in [0.15, 0.2) is 18.2 Å². The maximum absolute atomic E-state index is 12.4. The fraction of sp³-hybridized carbons (Fsp3) is 0.609. The molecule has 0 atom stereocenters. The summed E-state index contributed by atoms with van der Waals surface area (Å²) in [5, 5.41) is 14.4. The highest BCUT2D eigenvalue weighted by atomic mass is 16.6. The zero-order chi connectivity index (χ0) is 24.5. The van der Waals surface area contributed by atoms with E-state index in [1.165, 1.54) is 12.1 Å². The lowest BCUT2D eigenvalue weighted by atomic mass is 10.1. The number of benzene rings is 1. The third-order valence-electron chi connectivity index (χ3n) is 6.08. The second-order valence-corrected chi connectivity index (χ2v) is 8.47. The summed E-state index contributed by atoms with van der Waals surface area (Å²) < 4.78 is 10.1. The summed E-state index contributed by atoms with van der Waals surface area (Å²) in [6.45, 7) is 3.98. The molecule has 11 nitrogen and oxygen atoms in total. The van der Waals surface area contributed by atoms with Gasteiger partial charge in [0.15, 0.2) is 6.61 Å². The summed E-state index contributed by atoms with van der Waals surface area (Å²) in [5.74, 6) is -1.25. The Morgan fingerprint density at radius 2 is 1.74 bits per heavy atom. The van der Waals surface area contributed by atoms with Gasteiger partial charge in [0, 0.05) is 38.3 Å². The number of ether oxygens (including phenoxy) is 2. The van der Waals surface area contributed by atoms with E-state index in [1.54, 1.807) is 17.9 Å². The van der Waals surface area contributed by atoms with Gasteiger partial charge in [0.05, 0.1) is 17.1 Å². The normalized spacial score (nSPS) is 17.0. The second kappa shape index (κ2) is 12.2. The number of hydrogen-bond acceptors (Lipinski definition) is 8. The number of carbonyl (C=O) groups is 3. The van der Waals surface area contributed by atoms with Crippen molar-refractivity contribution in [3.63, 3.8) is 0 Å². The summed E-state index contributed by atoms with van der Waals surface area (Å²) in [6.07, 6.45) is 4.92. The monoisotopic (exact) mass is 476 g/mol. The first-order valence-electron chi connectivity index (χ1n) is 11.8. The molecular weight excluding hydrogens is 444 g/mol. The molecule has 34 heavy (non-hydrogen) atoms. The number of hydrogen-bond donors (Lipinski definition) is 1. The first kappa shape index (κ1) is 25.3. The molecule has 0 spiro atoms. The number of piperidine rings is 1. The first-order chi connectivity index (χ1) is 16.4. The Morgan fingerprint density at radius 3 is 2.35 bits per heavy atom. The highest BCUT2D eigenvalue weighted by molar-refractivity contribution is 5.93. The molecule has 0 aliphatic carbocycles. The third kappa shape index (κ3) is 6.82. The standard InChI is InChI=1S/C23H32N4O7/c1-2-33-23(30)26-13-9-18(10-14-26)24-21(28)16-34-22(29)17-7-8-19(20(15-17)27(31)32)25-11-5-3-4-6-12-25/h7-8,15,18H,2-6,9-14,16H2,1H3,(H,24,28). The van der Waals surface area contributed by atoms with Crippen molar-refractivity contribution in [3.8, 4) is 0 Å². The molecule has 0 saturated carbocycles. The van der Waals surface area contributed by atoms with Crippen molar-refractivity contribution in [1.82, 2.24) is 10.2 Å². The highest BCUT2D eigenvalue weighted by Gasteiger charge is 2.26. The topological polar surface area (TPSA) is 131 Å². The number of nitro groups is 1. The van der Waals surface area contributed by atoms with Crippen LogP contribution in [-0.4, -0.2) is 73.2 Å². The molecular formula is C23H32N4O7. The van der Waals surface area contributed by atoms with E-state index in [-0.39, 0.29) is 23.4 Å². The van der Waals surface area contributed by atoms with Gasteiger partial charge in [0.25, 0.3) is 11.6 Å². The summed E-state index contributed by atoms with van der Waals surface area (Å²) >= 11 is 0. The van der Waals surface area contributed by atoms with E-state index >= 15 is 0 Å². The Labute approximate surface area is 198 Å². The van der Waals surface area contributed by atoms with Gasteiger partial charge in [-0.05, 0) is 44.7 Å². The van der Waals surface area contributed by atoms with Crippen LogP contribution >= 0.6 is 0 Å². The van der Waals surface area contributed by atoms with E-state index in [0.29, 0.717) is 38.2 Å². The molecule has 1 N–H and O–H groups in total. The highest BCUT2D eigenvalue weighted by Crippen LogP contribution is 2.31. The first-order valence-corrected chi connectivity index (χ1v) is 11.8. The minimum Gasteiger partial charge on any atom is -0.452 e. The smallest absolute Gasteiger partial charge is 0.409 e. The number of nitrogens with zero attached hydrogens (tertiary/aromatic N) is 3. The van der Waals surface area contributed by atoms with Crippen molar-refractivity contribution in [3.05, 3.63) is 33.9 Å². The molecule has 0 bridgehead atoms. The van der Waals surface area contributed by atoms with Gasteiger partial charge in [0.2, 0.25) is 0 Å².